The average Bonchev–Trinajstić information content (AvgIpc) is 2.63. The summed E-state index contributed by atoms with van der Waals surface area (Å²) in [5.41, 5.74) is 0.798. The number of aromatic nitrogens is 1. The molecule has 0 amide bonds. The molecule has 0 aliphatic heterocycles. The van der Waals surface area contributed by atoms with Crippen molar-refractivity contribution in [2.24, 2.45) is 0 Å². The molecule has 0 aliphatic carbocycles. The number of carbonyl (C=O) groups is 1. The molecule has 2 atom stereocenters. The number of aliphatic hydroxyl groups is 1. The first-order valence-corrected chi connectivity index (χ1v) is 9.57. The van der Waals surface area contributed by atoms with Gasteiger partial charge in [0.25, 0.3) is 0 Å². The van der Waals surface area contributed by atoms with E-state index in [0.717, 1.165) is 0 Å². The molecule has 0 aliphatic rings. The molecule has 0 saturated heterocycles. The predicted octanol–water partition coefficient (Wildman–Crippen LogP) is 2.35. The highest BCUT2D eigenvalue weighted by Crippen LogP contribution is 2.46. The van der Waals surface area contributed by atoms with E-state index in [4.69, 9.17) is 14.2 Å². The van der Waals surface area contributed by atoms with E-state index in [2.05, 4.69) is 10.1 Å². The smallest absolute Gasteiger partial charge is 0.459 e. The standard InChI is InChI=1S/C17H21N2O7P/c1-11-16(21)15(9-20)13(8-18-11)10-25-27(24,19-12(2)17(22)23)26-14-6-4-3-5-7-14/h3-8,12,20-21H,9-10H2,1-2H3,(H,19,24)(H,22,23)/t12?,27-/m1/s1. The average molecular weight is 396 g/mol. The third kappa shape index (κ3) is 5.51. The van der Waals surface area contributed by atoms with Gasteiger partial charge in [0.1, 0.15) is 17.5 Å². The first-order chi connectivity index (χ1) is 12.8. The second-order valence-electron chi connectivity index (χ2n) is 5.72. The van der Waals surface area contributed by atoms with Gasteiger partial charge < -0.3 is 19.8 Å². The van der Waals surface area contributed by atoms with Crippen LogP contribution in [0.25, 0.3) is 0 Å². The first-order valence-electron chi connectivity index (χ1n) is 8.02. The van der Waals surface area contributed by atoms with Gasteiger partial charge in [-0.3, -0.25) is 14.3 Å². The molecule has 0 bridgehead atoms. The summed E-state index contributed by atoms with van der Waals surface area (Å²) in [6, 6.07) is 6.93. The van der Waals surface area contributed by atoms with Crippen LogP contribution in [-0.2, 0) is 27.1 Å². The highest BCUT2D eigenvalue weighted by Gasteiger charge is 2.32. The van der Waals surface area contributed by atoms with Gasteiger partial charge >= 0.3 is 13.7 Å². The zero-order valence-electron chi connectivity index (χ0n) is 14.8. The van der Waals surface area contributed by atoms with Crippen molar-refractivity contribution >= 4 is 13.7 Å². The first kappa shape index (κ1) is 20.9. The van der Waals surface area contributed by atoms with Crippen molar-refractivity contribution in [1.82, 2.24) is 10.1 Å². The minimum Gasteiger partial charge on any atom is -0.506 e. The van der Waals surface area contributed by atoms with E-state index in [1.54, 1.807) is 37.3 Å². The number of nitrogens with one attached hydrogen (secondary N) is 1. The Labute approximate surface area is 156 Å². The number of carboxylic acids is 1. The Morgan fingerprint density at radius 3 is 2.59 bits per heavy atom. The second kappa shape index (κ2) is 8.96. The van der Waals surface area contributed by atoms with Crippen LogP contribution >= 0.6 is 7.75 Å². The largest absolute Gasteiger partial charge is 0.506 e. The zero-order valence-corrected chi connectivity index (χ0v) is 15.7. The van der Waals surface area contributed by atoms with Gasteiger partial charge in [-0.15, -0.1) is 0 Å². The molecule has 0 radical (unpaired) electrons. The molecule has 2 aromatic rings. The molecule has 0 spiro atoms. The number of hydrogen-bond donors (Lipinski definition) is 4. The normalized spacial score (nSPS) is 14.3. The lowest BCUT2D eigenvalue weighted by Gasteiger charge is -2.22. The zero-order chi connectivity index (χ0) is 20.0. The third-order valence-corrected chi connectivity index (χ3v) is 5.29. The topological polar surface area (TPSA) is 138 Å². The lowest BCUT2D eigenvalue weighted by atomic mass is 10.1. The molecule has 1 heterocycles. The molecular formula is C17H21N2O7P. The number of nitrogens with zero attached hydrogens (tertiary/aromatic N) is 1. The third-order valence-electron chi connectivity index (χ3n) is 3.67. The van der Waals surface area contributed by atoms with Crippen LogP contribution in [0.1, 0.15) is 23.7 Å². The number of pyridine rings is 1. The second-order valence-corrected chi connectivity index (χ2v) is 7.41. The van der Waals surface area contributed by atoms with Crippen LogP contribution in [0.5, 0.6) is 11.5 Å². The minimum atomic E-state index is -4.10. The molecule has 146 valence electrons. The van der Waals surface area contributed by atoms with Crippen molar-refractivity contribution in [2.75, 3.05) is 0 Å². The SMILES string of the molecule is Cc1ncc(CO[P@](=O)(NC(C)C(=O)O)Oc2ccccc2)c(CO)c1O. The van der Waals surface area contributed by atoms with Crippen molar-refractivity contribution in [1.29, 1.82) is 0 Å². The van der Waals surface area contributed by atoms with E-state index in [-0.39, 0.29) is 23.7 Å². The van der Waals surface area contributed by atoms with E-state index in [9.17, 15) is 19.6 Å². The number of aryl methyl sites for hydroxylation is 1. The number of rotatable bonds is 9. The molecule has 0 fully saturated rings. The number of aromatic hydroxyl groups is 1. The summed E-state index contributed by atoms with van der Waals surface area (Å²) in [5.74, 6) is -1.20. The molecule has 2 rings (SSSR count). The Kier molecular flexibility index (Phi) is 6.92. The van der Waals surface area contributed by atoms with Crippen molar-refractivity contribution in [3.8, 4) is 11.5 Å². The Morgan fingerprint density at radius 1 is 1.33 bits per heavy atom. The summed E-state index contributed by atoms with van der Waals surface area (Å²) < 4.78 is 23.8. The molecule has 1 unspecified atom stereocenters. The van der Waals surface area contributed by atoms with Crippen LogP contribution in [0.2, 0.25) is 0 Å². The van der Waals surface area contributed by atoms with Crippen molar-refractivity contribution in [3.63, 3.8) is 0 Å². The lowest BCUT2D eigenvalue weighted by Crippen LogP contribution is -2.33. The van der Waals surface area contributed by atoms with E-state index in [1.165, 1.54) is 13.1 Å². The summed E-state index contributed by atoms with van der Waals surface area (Å²) in [7, 11) is -4.10. The van der Waals surface area contributed by atoms with Crippen LogP contribution in [0.4, 0.5) is 0 Å². The summed E-state index contributed by atoms with van der Waals surface area (Å²) >= 11 is 0. The van der Waals surface area contributed by atoms with E-state index >= 15 is 0 Å². The van der Waals surface area contributed by atoms with Crippen LogP contribution in [-0.4, -0.2) is 32.3 Å². The number of aliphatic carboxylic acids is 1. The Balaban J connectivity index is 2.25. The van der Waals surface area contributed by atoms with Gasteiger partial charge in [0.2, 0.25) is 0 Å². The van der Waals surface area contributed by atoms with Crippen LogP contribution in [0.3, 0.4) is 0 Å². The molecule has 1 aromatic carbocycles. The monoisotopic (exact) mass is 396 g/mol. The van der Waals surface area contributed by atoms with E-state index in [1.807, 2.05) is 0 Å². The van der Waals surface area contributed by atoms with Crippen molar-refractivity contribution in [2.45, 2.75) is 33.1 Å². The van der Waals surface area contributed by atoms with Crippen LogP contribution in [0.15, 0.2) is 36.5 Å². The van der Waals surface area contributed by atoms with Gasteiger partial charge in [-0.2, -0.15) is 5.09 Å². The van der Waals surface area contributed by atoms with Crippen LogP contribution < -0.4 is 9.61 Å². The number of carboxylic acid groups (broad SMARTS) is 1. The predicted molar refractivity (Wildman–Crippen MR) is 96.3 cm³/mol. The fourth-order valence-electron chi connectivity index (χ4n) is 2.14. The Morgan fingerprint density at radius 2 is 2.00 bits per heavy atom. The van der Waals surface area contributed by atoms with Gasteiger partial charge in [0.15, 0.2) is 0 Å². The summed E-state index contributed by atoms with van der Waals surface area (Å²) in [5, 5.41) is 30.9. The number of para-hydroxylation sites is 1. The molecule has 0 saturated carbocycles. The Bertz CT molecular complexity index is 845. The summed E-state index contributed by atoms with van der Waals surface area (Å²) in [4.78, 5) is 15.1. The highest BCUT2D eigenvalue weighted by atomic mass is 31.2. The fourth-order valence-corrected chi connectivity index (χ4v) is 3.62. The quantitative estimate of drug-likeness (QED) is 0.470. The number of hydrogen-bond acceptors (Lipinski definition) is 7. The molecular weight excluding hydrogens is 375 g/mol. The van der Waals surface area contributed by atoms with Gasteiger partial charge in [0.05, 0.1) is 18.9 Å². The summed E-state index contributed by atoms with van der Waals surface area (Å²) in [6.45, 7) is 2.06. The molecule has 27 heavy (non-hydrogen) atoms. The van der Waals surface area contributed by atoms with Gasteiger partial charge in [-0.1, -0.05) is 18.2 Å². The lowest BCUT2D eigenvalue weighted by molar-refractivity contribution is -0.138. The van der Waals surface area contributed by atoms with E-state index < -0.39 is 26.4 Å². The minimum absolute atomic E-state index is 0.181. The van der Waals surface area contributed by atoms with Gasteiger partial charge in [-0.25, -0.2) is 4.57 Å². The van der Waals surface area contributed by atoms with Crippen molar-refractivity contribution < 1.29 is 33.7 Å². The maximum atomic E-state index is 13.1. The van der Waals surface area contributed by atoms with Gasteiger partial charge in [0, 0.05) is 17.3 Å². The van der Waals surface area contributed by atoms with Crippen molar-refractivity contribution in [3.05, 3.63) is 53.3 Å². The maximum absolute atomic E-state index is 13.1. The number of aliphatic hydroxyl groups excluding tert-OH is 1. The summed E-state index contributed by atoms with van der Waals surface area (Å²) in [6.07, 6.45) is 1.37. The Hall–Kier alpha value is -2.45. The number of benzene rings is 1. The van der Waals surface area contributed by atoms with Gasteiger partial charge in [-0.05, 0) is 26.0 Å². The molecule has 9 nitrogen and oxygen atoms in total. The molecule has 1 aromatic heterocycles. The molecule has 4 N–H and O–H groups in total. The highest BCUT2D eigenvalue weighted by molar-refractivity contribution is 7.52. The van der Waals surface area contributed by atoms with E-state index in [0.29, 0.717) is 11.3 Å². The van der Waals surface area contributed by atoms with Crippen LogP contribution in [0, 0.1) is 6.92 Å². The maximum Gasteiger partial charge on any atom is 0.459 e. The molecule has 10 heteroatoms. The fraction of sp³-hybridized carbons (Fsp3) is 0.294.